The zero-order valence-electron chi connectivity index (χ0n) is 25.9. The van der Waals surface area contributed by atoms with Crippen LogP contribution in [0.3, 0.4) is 0 Å². The summed E-state index contributed by atoms with van der Waals surface area (Å²) in [7, 11) is 3.37. The molecule has 0 aliphatic heterocycles. The zero-order chi connectivity index (χ0) is 33.2. The van der Waals surface area contributed by atoms with Gasteiger partial charge in [0.15, 0.2) is 11.6 Å². The summed E-state index contributed by atoms with van der Waals surface area (Å²) in [6.45, 7) is 6.37. The molecule has 3 heterocycles. The first-order chi connectivity index (χ1) is 21.9. The number of imidazole rings is 1. The number of hydrogen-bond donors (Lipinski definition) is 2. The quantitative estimate of drug-likeness (QED) is 0.159. The number of fused-ring (bicyclic) bond motifs is 1. The third-order valence-corrected chi connectivity index (χ3v) is 8.48. The summed E-state index contributed by atoms with van der Waals surface area (Å²) in [6.07, 6.45) is 2.18. The van der Waals surface area contributed by atoms with Crippen molar-refractivity contribution in [2.45, 2.75) is 26.8 Å². The van der Waals surface area contributed by atoms with Gasteiger partial charge < -0.3 is 24.5 Å². The number of carbonyl (C=O) groups is 2. The molecular weight excluding hydrogens is 616 g/mol. The molecule has 13 heteroatoms. The number of aromatic nitrogens is 3. The molecule has 0 bridgehead atoms. The van der Waals surface area contributed by atoms with Crippen molar-refractivity contribution < 1.29 is 33.0 Å². The van der Waals surface area contributed by atoms with Crippen molar-refractivity contribution >= 4 is 39.2 Å². The van der Waals surface area contributed by atoms with E-state index in [-0.39, 0.29) is 30.2 Å². The van der Waals surface area contributed by atoms with Crippen LogP contribution in [0.25, 0.3) is 20.9 Å². The van der Waals surface area contributed by atoms with Gasteiger partial charge in [0.25, 0.3) is 5.91 Å². The van der Waals surface area contributed by atoms with Crippen molar-refractivity contribution in [3.63, 3.8) is 0 Å². The number of halogens is 2. The molecular formula is C33H33F2N5O5S. The van der Waals surface area contributed by atoms with E-state index in [9.17, 15) is 19.1 Å². The second-order valence-corrected chi connectivity index (χ2v) is 12.7. The lowest BCUT2D eigenvalue weighted by molar-refractivity contribution is 0.0585. The highest BCUT2D eigenvalue weighted by Crippen LogP contribution is 2.42. The predicted octanol–water partition coefficient (Wildman–Crippen LogP) is 7.73. The molecule has 2 N–H and O–H groups in total. The number of amides is 2. The number of thiophene rings is 1. The Morgan fingerprint density at radius 3 is 2.50 bits per heavy atom. The van der Waals surface area contributed by atoms with Crippen LogP contribution < -0.4 is 10.1 Å². The van der Waals surface area contributed by atoms with Crippen LogP contribution in [0.4, 0.5) is 19.3 Å². The number of carboxylic acid groups (broad SMARTS) is 1. The van der Waals surface area contributed by atoms with Crippen LogP contribution in [0.15, 0.2) is 67.0 Å². The summed E-state index contributed by atoms with van der Waals surface area (Å²) in [6, 6.07) is 12.4. The average molecular weight is 650 g/mol. The fourth-order valence-electron chi connectivity index (χ4n) is 5.23. The number of nitrogens with one attached hydrogen (secondary N) is 1. The van der Waals surface area contributed by atoms with Gasteiger partial charge in [-0.25, -0.2) is 18.6 Å². The van der Waals surface area contributed by atoms with Gasteiger partial charge >= 0.3 is 6.09 Å². The molecule has 5 aromatic rings. The number of benzene rings is 2. The topological polar surface area (TPSA) is 119 Å². The number of pyridine rings is 1. The molecule has 3 aromatic heterocycles. The number of hydrogen-bond acceptors (Lipinski definition) is 7. The van der Waals surface area contributed by atoms with Crippen LogP contribution in [0.1, 0.15) is 42.9 Å². The maximum atomic E-state index is 15.1. The number of rotatable bonds is 10. The molecule has 46 heavy (non-hydrogen) atoms. The van der Waals surface area contributed by atoms with Crippen molar-refractivity contribution in [3.8, 4) is 22.2 Å². The second kappa shape index (κ2) is 13.2. The molecule has 2 amide bonds. The van der Waals surface area contributed by atoms with Gasteiger partial charge in [0, 0.05) is 44.7 Å². The van der Waals surface area contributed by atoms with Gasteiger partial charge in [-0.3, -0.25) is 14.7 Å². The van der Waals surface area contributed by atoms with E-state index in [4.69, 9.17) is 9.47 Å². The molecule has 0 aliphatic rings. The zero-order valence-corrected chi connectivity index (χ0v) is 26.7. The Morgan fingerprint density at radius 2 is 1.83 bits per heavy atom. The highest BCUT2D eigenvalue weighted by Gasteiger charge is 2.37. The van der Waals surface area contributed by atoms with Gasteiger partial charge in [-0.15, -0.1) is 11.3 Å². The fraction of sp³-hybridized carbons (Fsp3) is 0.273. The first-order valence-electron chi connectivity index (χ1n) is 14.3. The number of nitrogens with zero attached hydrogens (tertiary/aromatic N) is 4. The molecule has 0 spiro atoms. The van der Waals surface area contributed by atoms with Gasteiger partial charge in [0.1, 0.15) is 17.4 Å². The van der Waals surface area contributed by atoms with E-state index >= 15 is 4.39 Å². The van der Waals surface area contributed by atoms with Gasteiger partial charge in [0.2, 0.25) is 0 Å². The third kappa shape index (κ3) is 6.70. The van der Waals surface area contributed by atoms with E-state index in [1.165, 1.54) is 59.7 Å². The Morgan fingerprint density at radius 1 is 1.07 bits per heavy atom. The summed E-state index contributed by atoms with van der Waals surface area (Å²) in [5.41, 5.74) is 0.845. The van der Waals surface area contributed by atoms with Crippen LogP contribution in [0, 0.1) is 17.0 Å². The highest BCUT2D eigenvalue weighted by molar-refractivity contribution is 7.22. The first-order valence-corrected chi connectivity index (χ1v) is 15.1. The summed E-state index contributed by atoms with van der Waals surface area (Å²) in [4.78, 5) is 36.0. The summed E-state index contributed by atoms with van der Waals surface area (Å²) < 4.78 is 42.8. The van der Waals surface area contributed by atoms with Crippen LogP contribution in [-0.4, -0.2) is 56.8 Å². The molecule has 0 aliphatic carbocycles. The smallest absolute Gasteiger partial charge is 0.407 e. The molecule has 0 radical (unpaired) electrons. The van der Waals surface area contributed by atoms with Gasteiger partial charge in [0.05, 0.1) is 45.2 Å². The summed E-state index contributed by atoms with van der Waals surface area (Å²) in [5.74, 6) is -1.23. The molecule has 2 aromatic carbocycles. The number of methoxy groups -OCH3 is 1. The van der Waals surface area contributed by atoms with Gasteiger partial charge in [-0.05, 0) is 35.7 Å². The molecule has 0 saturated carbocycles. The van der Waals surface area contributed by atoms with E-state index < -0.39 is 35.1 Å². The van der Waals surface area contributed by atoms with Crippen molar-refractivity contribution in [3.05, 3.63) is 89.9 Å². The van der Waals surface area contributed by atoms with Crippen LogP contribution in [0.2, 0.25) is 0 Å². The number of ether oxygens (including phenoxy) is 2. The van der Waals surface area contributed by atoms with E-state index in [1.807, 2.05) is 38.5 Å². The number of anilines is 1. The average Bonchev–Trinajstić information content (AvgIpc) is 3.59. The second-order valence-electron chi connectivity index (χ2n) is 11.6. The Balaban J connectivity index is 1.42. The van der Waals surface area contributed by atoms with E-state index in [1.54, 1.807) is 18.5 Å². The molecule has 240 valence electrons. The molecule has 1 unspecified atom stereocenters. The monoisotopic (exact) mass is 649 g/mol. The van der Waals surface area contributed by atoms with Crippen molar-refractivity contribution in [1.82, 2.24) is 19.4 Å². The third-order valence-electron chi connectivity index (χ3n) is 7.34. The van der Waals surface area contributed by atoms with E-state index in [2.05, 4.69) is 15.3 Å². The summed E-state index contributed by atoms with van der Waals surface area (Å²) >= 11 is 1.35. The maximum absolute atomic E-state index is 15.1. The minimum atomic E-state index is -1.06. The largest absolute Gasteiger partial charge is 0.465 e. The van der Waals surface area contributed by atoms with Crippen LogP contribution in [0.5, 0.6) is 11.5 Å². The van der Waals surface area contributed by atoms with Crippen molar-refractivity contribution in [1.29, 1.82) is 0 Å². The fourth-order valence-corrected chi connectivity index (χ4v) is 6.33. The van der Waals surface area contributed by atoms with Crippen molar-refractivity contribution in [2.75, 3.05) is 25.6 Å². The Bertz CT molecular complexity index is 1900. The predicted molar refractivity (Wildman–Crippen MR) is 171 cm³/mol. The Hall–Kier alpha value is -4.88. The Labute approximate surface area is 268 Å². The first kappa shape index (κ1) is 32.5. The summed E-state index contributed by atoms with van der Waals surface area (Å²) in [5, 5.41) is 12.5. The SMILES string of the molecule is COCCN(C(=O)O)C(c1cnc(-c2cc3nccc(Oc4ccc(NC(=O)c5ccccc5F)cc4F)c3s2)n1C)C(C)(C)C. The maximum Gasteiger partial charge on any atom is 0.407 e. The van der Waals surface area contributed by atoms with Gasteiger partial charge in [-0.2, -0.15) is 0 Å². The van der Waals surface area contributed by atoms with Gasteiger partial charge in [-0.1, -0.05) is 32.9 Å². The normalized spacial score (nSPS) is 12.2. The standard InChI is InChI=1S/C33H33F2N5O5S/c1-33(2,3)29(40(32(42)43)14-15-44-5)24-18-37-30(39(24)4)27-17-23-28(46-27)26(12-13-36-23)45-25-11-10-19(16-22(25)35)38-31(41)20-8-6-7-9-21(20)34/h6-13,16-18,29H,14-15H2,1-5H3,(H,38,41)(H,42,43). The lowest BCUT2D eigenvalue weighted by Crippen LogP contribution is -2.43. The van der Waals surface area contributed by atoms with E-state index in [0.717, 1.165) is 10.9 Å². The minimum absolute atomic E-state index is 0.0801. The molecule has 5 rings (SSSR count). The van der Waals surface area contributed by atoms with Crippen LogP contribution in [-0.2, 0) is 11.8 Å². The van der Waals surface area contributed by atoms with Crippen molar-refractivity contribution in [2.24, 2.45) is 12.5 Å². The minimum Gasteiger partial charge on any atom is -0.465 e. The molecule has 0 fully saturated rings. The number of carbonyl (C=O) groups excluding carboxylic acids is 1. The molecule has 10 nitrogen and oxygen atoms in total. The lowest BCUT2D eigenvalue weighted by Gasteiger charge is -2.38. The Kier molecular flexibility index (Phi) is 9.35. The lowest BCUT2D eigenvalue weighted by atomic mass is 9.83. The molecule has 1 atom stereocenters. The van der Waals surface area contributed by atoms with Crippen LogP contribution >= 0.6 is 11.3 Å². The van der Waals surface area contributed by atoms with E-state index in [0.29, 0.717) is 27.5 Å². The molecule has 0 saturated heterocycles. The highest BCUT2D eigenvalue weighted by atomic mass is 32.1.